The Hall–Kier alpha value is -1.39. The normalized spacial score (nSPS) is 12.2. The second kappa shape index (κ2) is 6.37. The quantitative estimate of drug-likeness (QED) is 0.900. The average Bonchev–Trinajstić information content (AvgIpc) is 2.41. The maximum atomic E-state index is 12.9. The van der Waals surface area contributed by atoms with Gasteiger partial charge in [0.05, 0.1) is 6.10 Å². The van der Waals surface area contributed by atoms with Crippen molar-refractivity contribution in [2.24, 2.45) is 0 Å². The van der Waals surface area contributed by atoms with Crippen molar-refractivity contribution in [3.63, 3.8) is 0 Å². The second-order valence-corrected chi connectivity index (χ2v) is 5.78. The molecule has 0 aliphatic carbocycles. The molecule has 0 amide bonds. The maximum Gasteiger partial charge on any atom is 0.123 e. The van der Waals surface area contributed by atoms with Gasteiger partial charge in [-0.25, -0.2) is 4.39 Å². The summed E-state index contributed by atoms with van der Waals surface area (Å²) in [5.41, 5.74) is 2.85. The smallest absolute Gasteiger partial charge is 0.123 e. The highest BCUT2D eigenvalue weighted by Gasteiger charge is 2.12. The van der Waals surface area contributed by atoms with Crippen LogP contribution < -0.4 is 4.90 Å². The lowest BCUT2D eigenvalue weighted by Gasteiger charge is -2.24. The predicted molar refractivity (Wildman–Crippen MR) is 83.3 cm³/mol. The summed E-state index contributed by atoms with van der Waals surface area (Å²) in [5.74, 6) is -0.232. The monoisotopic (exact) mass is 337 g/mol. The van der Waals surface area contributed by atoms with E-state index < -0.39 is 6.10 Å². The Labute approximate surface area is 127 Å². The van der Waals surface area contributed by atoms with Gasteiger partial charge in [0.25, 0.3) is 0 Å². The van der Waals surface area contributed by atoms with Crippen LogP contribution in [0.15, 0.2) is 46.9 Å². The van der Waals surface area contributed by atoms with E-state index >= 15 is 0 Å². The molecular formula is C16H17BrFNO. The van der Waals surface area contributed by atoms with E-state index in [0.717, 1.165) is 21.3 Å². The van der Waals surface area contributed by atoms with Gasteiger partial charge in [-0.15, -0.1) is 0 Å². The third-order valence-electron chi connectivity index (χ3n) is 3.18. The Balaban J connectivity index is 2.24. The summed E-state index contributed by atoms with van der Waals surface area (Å²) in [6.07, 6.45) is -0.543. The first kappa shape index (κ1) is 15.0. The molecule has 2 nitrogen and oxygen atoms in total. The van der Waals surface area contributed by atoms with Crippen molar-refractivity contribution in [1.82, 2.24) is 0 Å². The van der Waals surface area contributed by atoms with Gasteiger partial charge in [-0.2, -0.15) is 0 Å². The number of nitrogens with zero attached hydrogens (tertiary/aromatic N) is 1. The van der Waals surface area contributed by atoms with Crippen LogP contribution >= 0.6 is 15.9 Å². The molecular weight excluding hydrogens is 321 g/mol. The average molecular weight is 338 g/mol. The summed E-state index contributed by atoms with van der Waals surface area (Å²) in [5, 5.41) is 9.88. The Morgan fingerprint density at radius 1 is 1.20 bits per heavy atom. The van der Waals surface area contributed by atoms with E-state index in [9.17, 15) is 9.50 Å². The van der Waals surface area contributed by atoms with Gasteiger partial charge in [0.15, 0.2) is 0 Å². The van der Waals surface area contributed by atoms with Crippen LogP contribution in [0, 0.1) is 5.82 Å². The van der Waals surface area contributed by atoms with E-state index in [-0.39, 0.29) is 5.82 Å². The fourth-order valence-corrected chi connectivity index (χ4v) is 2.54. The van der Waals surface area contributed by atoms with Crippen LogP contribution in [0.5, 0.6) is 0 Å². The van der Waals surface area contributed by atoms with Gasteiger partial charge < -0.3 is 10.0 Å². The zero-order valence-electron chi connectivity index (χ0n) is 11.5. The van der Waals surface area contributed by atoms with Gasteiger partial charge in [-0.05, 0) is 42.8 Å². The molecule has 1 unspecified atom stereocenters. The molecule has 106 valence electrons. The minimum Gasteiger partial charge on any atom is -0.389 e. The molecule has 0 bridgehead atoms. The van der Waals surface area contributed by atoms with Gasteiger partial charge in [-0.1, -0.05) is 28.1 Å². The molecule has 0 heterocycles. The van der Waals surface area contributed by atoms with E-state index in [1.807, 2.05) is 30.1 Å². The minimum atomic E-state index is -0.543. The summed E-state index contributed by atoms with van der Waals surface area (Å²) in [4.78, 5) is 2.04. The number of anilines is 1. The SMILES string of the molecule is CC(O)c1cc(Br)ccc1N(C)Cc1ccc(F)cc1. The van der Waals surface area contributed by atoms with Crippen LogP contribution in [0.4, 0.5) is 10.1 Å². The number of aliphatic hydroxyl groups excluding tert-OH is 1. The van der Waals surface area contributed by atoms with Crippen LogP contribution in [0.3, 0.4) is 0 Å². The van der Waals surface area contributed by atoms with Crippen LogP contribution in [-0.4, -0.2) is 12.2 Å². The molecule has 0 fully saturated rings. The minimum absolute atomic E-state index is 0.232. The van der Waals surface area contributed by atoms with E-state index in [1.165, 1.54) is 12.1 Å². The molecule has 1 atom stereocenters. The van der Waals surface area contributed by atoms with Crippen LogP contribution in [-0.2, 0) is 6.54 Å². The summed E-state index contributed by atoms with van der Waals surface area (Å²) in [7, 11) is 1.96. The molecule has 2 rings (SSSR count). The highest BCUT2D eigenvalue weighted by Crippen LogP contribution is 2.29. The van der Waals surface area contributed by atoms with E-state index in [4.69, 9.17) is 0 Å². The highest BCUT2D eigenvalue weighted by molar-refractivity contribution is 9.10. The summed E-state index contributed by atoms with van der Waals surface area (Å²) in [6, 6.07) is 12.3. The van der Waals surface area contributed by atoms with Crippen molar-refractivity contribution in [3.8, 4) is 0 Å². The molecule has 0 saturated carbocycles. The summed E-state index contributed by atoms with van der Waals surface area (Å²) >= 11 is 3.42. The highest BCUT2D eigenvalue weighted by atomic mass is 79.9. The predicted octanol–water partition coefficient (Wildman–Crippen LogP) is 4.28. The van der Waals surface area contributed by atoms with E-state index in [0.29, 0.717) is 6.54 Å². The molecule has 1 N–H and O–H groups in total. The molecule has 0 aromatic heterocycles. The lowest BCUT2D eigenvalue weighted by molar-refractivity contribution is 0.199. The topological polar surface area (TPSA) is 23.5 Å². The summed E-state index contributed by atoms with van der Waals surface area (Å²) < 4.78 is 13.8. The third kappa shape index (κ3) is 3.58. The second-order valence-electron chi connectivity index (χ2n) is 4.86. The number of rotatable bonds is 4. The molecule has 0 aliphatic heterocycles. The van der Waals surface area contributed by atoms with Crippen molar-refractivity contribution in [2.75, 3.05) is 11.9 Å². The lowest BCUT2D eigenvalue weighted by Crippen LogP contribution is -2.18. The van der Waals surface area contributed by atoms with Gasteiger partial charge >= 0.3 is 0 Å². The van der Waals surface area contributed by atoms with Gasteiger partial charge in [0.1, 0.15) is 5.82 Å². The standard InChI is InChI=1S/C16H17BrFNO/c1-11(20)15-9-13(17)5-8-16(15)19(2)10-12-3-6-14(18)7-4-12/h3-9,11,20H,10H2,1-2H3. The Kier molecular flexibility index (Phi) is 4.78. The van der Waals surface area contributed by atoms with Crippen molar-refractivity contribution >= 4 is 21.6 Å². The fourth-order valence-electron chi connectivity index (χ4n) is 2.16. The first-order valence-corrected chi connectivity index (χ1v) is 7.20. The maximum absolute atomic E-state index is 12.9. The molecule has 2 aromatic carbocycles. The molecule has 4 heteroatoms. The number of aliphatic hydroxyl groups is 1. The molecule has 0 radical (unpaired) electrons. The van der Waals surface area contributed by atoms with Crippen LogP contribution in [0.1, 0.15) is 24.2 Å². The van der Waals surface area contributed by atoms with E-state index in [1.54, 1.807) is 19.1 Å². The number of halogens is 2. The van der Waals surface area contributed by atoms with Gasteiger partial charge in [0.2, 0.25) is 0 Å². The molecule has 0 aliphatic rings. The van der Waals surface area contributed by atoms with Crippen LogP contribution in [0.2, 0.25) is 0 Å². The van der Waals surface area contributed by atoms with Gasteiger partial charge in [0, 0.05) is 29.3 Å². The zero-order valence-corrected chi connectivity index (χ0v) is 13.1. The van der Waals surface area contributed by atoms with Crippen molar-refractivity contribution in [1.29, 1.82) is 0 Å². The largest absolute Gasteiger partial charge is 0.389 e. The number of hydrogen-bond acceptors (Lipinski definition) is 2. The Bertz CT molecular complexity index is 584. The third-order valence-corrected chi connectivity index (χ3v) is 3.68. The zero-order chi connectivity index (χ0) is 14.7. The van der Waals surface area contributed by atoms with Crippen molar-refractivity contribution < 1.29 is 9.50 Å². The Morgan fingerprint density at radius 2 is 1.85 bits per heavy atom. The first-order chi connectivity index (χ1) is 9.47. The summed E-state index contributed by atoms with van der Waals surface area (Å²) in [6.45, 7) is 2.40. The van der Waals surface area contributed by atoms with E-state index in [2.05, 4.69) is 15.9 Å². The number of benzene rings is 2. The lowest BCUT2D eigenvalue weighted by atomic mass is 10.1. The molecule has 0 spiro atoms. The fraction of sp³-hybridized carbons (Fsp3) is 0.250. The van der Waals surface area contributed by atoms with Gasteiger partial charge in [-0.3, -0.25) is 0 Å². The molecule has 20 heavy (non-hydrogen) atoms. The molecule has 2 aromatic rings. The first-order valence-electron chi connectivity index (χ1n) is 6.40. The Morgan fingerprint density at radius 3 is 2.45 bits per heavy atom. The van der Waals surface area contributed by atoms with Crippen LogP contribution in [0.25, 0.3) is 0 Å². The molecule has 0 saturated heterocycles. The van der Waals surface area contributed by atoms with Crippen molar-refractivity contribution in [3.05, 3.63) is 63.9 Å². The number of hydrogen-bond donors (Lipinski definition) is 1. The van der Waals surface area contributed by atoms with Crippen molar-refractivity contribution in [2.45, 2.75) is 19.6 Å².